The molecule has 0 spiro atoms. The molecule has 1 aromatic heterocycles. The van der Waals surface area contributed by atoms with E-state index in [0.29, 0.717) is 27.8 Å². The molecule has 150 valence electrons. The fourth-order valence-electron chi connectivity index (χ4n) is 2.87. The Morgan fingerprint density at radius 1 is 1.13 bits per heavy atom. The summed E-state index contributed by atoms with van der Waals surface area (Å²) in [6.45, 7) is 2.05. The summed E-state index contributed by atoms with van der Waals surface area (Å²) < 4.78 is 5.71. The zero-order valence-electron chi connectivity index (χ0n) is 16.0. The van der Waals surface area contributed by atoms with Crippen molar-refractivity contribution in [3.63, 3.8) is 0 Å². The van der Waals surface area contributed by atoms with E-state index in [1.54, 1.807) is 30.3 Å². The molecule has 0 aliphatic carbocycles. The molecule has 0 atom stereocenters. The van der Waals surface area contributed by atoms with Crippen LogP contribution >= 0.6 is 11.8 Å². The summed E-state index contributed by atoms with van der Waals surface area (Å²) in [7, 11) is 0. The molecule has 1 saturated heterocycles. The van der Waals surface area contributed by atoms with Gasteiger partial charge in [0.1, 0.15) is 11.5 Å². The molecule has 0 unspecified atom stereocenters. The fourth-order valence-corrected chi connectivity index (χ4v) is 3.55. The minimum absolute atomic E-state index is 0.242. The average Bonchev–Trinajstić information content (AvgIpc) is 3.28. The summed E-state index contributed by atoms with van der Waals surface area (Å²) >= 11 is 0.853. The summed E-state index contributed by atoms with van der Waals surface area (Å²) in [5.74, 6) is 0.505. The standard InChI is InChI=1S/C22H17N3O4S/c1-13-17(24-21(29-13)16-5-3-2-4-6-16)12-23-19(26)15-9-7-14(8-10-15)11-18-20(27)25-22(28)30-18/h2-11H,12H2,1H3,(H,23,26)(H,25,27,28). The summed E-state index contributed by atoms with van der Waals surface area (Å²) in [5.41, 5.74) is 2.73. The zero-order chi connectivity index (χ0) is 21.1. The van der Waals surface area contributed by atoms with Crippen LogP contribution in [0.25, 0.3) is 17.5 Å². The van der Waals surface area contributed by atoms with Gasteiger partial charge in [-0.2, -0.15) is 0 Å². The van der Waals surface area contributed by atoms with E-state index < -0.39 is 5.91 Å². The van der Waals surface area contributed by atoms with E-state index in [4.69, 9.17) is 4.42 Å². The Morgan fingerprint density at radius 3 is 2.53 bits per heavy atom. The largest absolute Gasteiger partial charge is 0.441 e. The van der Waals surface area contributed by atoms with Gasteiger partial charge in [0.25, 0.3) is 17.1 Å². The maximum atomic E-state index is 12.5. The van der Waals surface area contributed by atoms with Crippen LogP contribution in [-0.2, 0) is 11.3 Å². The first kappa shape index (κ1) is 19.7. The lowest BCUT2D eigenvalue weighted by molar-refractivity contribution is -0.115. The molecule has 30 heavy (non-hydrogen) atoms. The Labute approximate surface area is 176 Å². The number of nitrogens with zero attached hydrogens (tertiary/aromatic N) is 1. The third-order valence-electron chi connectivity index (χ3n) is 4.44. The van der Waals surface area contributed by atoms with E-state index >= 15 is 0 Å². The first-order valence-corrected chi connectivity index (χ1v) is 9.96. The molecule has 2 heterocycles. The summed E-state index contributed by atoms with van der Waals surface area (Å²) in [5, 5.41) is 4.65. The molecule has 0 saturated carbocycles. The van der Waals surface area contributed by atoms with Crippen LogP contribution in [0.4, 0.5) is 4.79 Å². The summed E-state index contributed by atoms with van der Waals surface area (Å²) in [6.07, 6.45) is 1.61. The molecule has 8 heteroatoms. The van der Waals surface area contributed by atoms with Crippen molar-refractivity contribution < 1.29 is 18.8 Å². The second-order valence-corrected chi connectivity index (χ2v) is 7.56. The van der Waals surface area contributed by atoms with Crippen molar-refractivity contribution in [1.29, 1.82) is 0 Å². The van der Waals surface area contributed by atoms with Crippen LogP contribution in [0.3, 0.4) is 0 Å². The van der Waals surface area contributed by atoms with Gasteiger partial charge < -0.3 is 9.73 Å². The van der Waals surface area contributed by atoms with Gasteiger partial charge in [-0.05, 0) is 54.6 Å². The van der Waals surface area contributed by atoms with Crippen LogP contribution in [-0.4, -0.2) is 22.0 Å². The molecule has 1 fully saturated rings. The van der Waals surface area contributed by atoms with Gasteiger partial charge in [-0.25, -0.2) is 4.98 Å². The first-order valence-electron chi connectivity index (χ1n) is 9.14. The van der Waals surface area contributed by atoms with E-state index in [1.807, 2.05) is 37.3 Å². The average molecular weight is 419 g/mol. The number of rotatable bonds is 5. The molecular formula is C22H17N3O4S. The second kappa shape index (κ2) is 8.38. The van der Waals surface area contributed by atoms with Gasteiger partial charge in [-0.1, -0.05) is 30.3 Å². The van der Waals surface area contributed by atoms with Crippen LogP contribution in [0, 0.1) is 6.92 Å². The van der Waals surface area contributed by atoms with E-state index in [2.05, 4.69) is 15.6 Å². The monoisotopic (exact) mass is 419 g/mol. The van der Waals surface area contributed by atoms with Crippen LogP contribution in [0.5, 0.6) is 0 Å². The summed E-state index contributed by atoms with van der Waals surface area (Å²) in [4.78, 5) is 40.1. The number of aryl methyl sites for hydroxylation is 1. The van der Waals surface area contributed by atoms with Crippen molar-refractivity contribution >= 4 is 34.9 Å². The molecule has 1 aliphatic heterocycles. The van der Waals surface area contributed by atoms with Crippen LogP contribution in [0.15, 0.2) is 63.9 Å². The van der Waals surface area contributed by atoms with Crippen molar-refractivity contribution in [1.82, 2.24) is 15.6 Å². The number of benzene rings is 2. The Morgan fingerprint density at radius 2 is 1.87 bits per heavy atom. The number of thioether (sulfide) groups is 1. The minimum Gasteiger partial charge on any atom is -0.441 e. The highest BCUT2D eigenvalue weighted by Gasteiger charge is 2.24. The highest BCUT2D eigenvalue weighted by atomic mass is 32.2. The number of hydrogen-bond acceptors (Lipinski definition) is 6. The van der Waals surface area contributed by atoms with Crippen LogP contribution in [0.2, 0.25) is 0 Å². The third-order valence-corrected chi connectivity index (χ3v) is 5.25. The first-order chi connectivity index (χ1) is 14.5. The van der Waals surface area contributed by atoms with Gasteiger partial charge in [-0.3, -0.25) is 19.7 Å². The van der Waals surface area contributed by atoms with Gasteiger partial charge >= 0.3 is 0 Å². The summed E-state index contributed by atoms with van der Waals surface area (Å²) in [6, 6.07) is 16.3. The predicted molar refractivity (Wildman–Crippen MR) is 113 cm³/mol. The Hall–Kier alpha value is -3.65. The molecule has 0 bridgehead atoms. The zero-order valence-corrected chi connectivity index (χ0v) is 16.8. The van der Waals surface area contributed by atoms with Gasteiger partial charge in [-0.15, -0.1) is 0 Å². The predicted octanol–water partition coefficient (Wildman–Crippen LogP) is 3.90. The molecule has 7 nitrogen and oxygen atoms in total. The van der Waals surface area contributed by atoms with Crippen molar-refractivity contribution in [2.24, 2.45) is 0 Å². The molecule has 3 amide bonds. The van der Waals surface area contributed by atoms with Crippen molar-refractivity contribution in [2.75, 3.05) is 0 Å². The van der Waals surface area contributed by atoms with E-state index in [0.717, 1.165) is 22.9 Å². The number of carbonyl (C=O) groups excluding carboxylic acids is 3. The number of carbonyl (C=O) groups is 3. The quantitative estimate of drug-likeness (QED) is 0.608. The lowest BCUT2D eigenvalue weighted by Crippen LogP contribution is -2.23. The van der Waals surface area contributed by atoms with Gasteiger partial charge in [0.15, 0.2) is 0 Å². The Bertz CT molecular complexity index is 1150. The molecule has 3 aromatic rings. The highest BCUT2D eigenvalue weighted by molar-refractivity contribution is 8.18. The second-order valence-electron chi connectivity index (χ2n) is 6.54. The number of imide groups is 1. The van der Waals surface area contributed by atoms with Crippen LogP contribution in [0.1, 0.15) is 27.4 Å². The van der Waals surface area contributed by atoms with Crippen molar-refractivity contribution in [3.8, 4) is 11.5 Å². The molecule has 0 radical (unpaired) electrons. The molecule has 4 rings (SSSR count). The number of hydrogen-bond donors (Lipinski definition) is 2. The maximum absolute atomic E-state index is 12.5. The van der Waals surface area contributed by atoms with E-state index in [9.17, 15) is 14.4 Å². The van der Waals surface area contributed by atoms with Crippen molar-refractivity contribution in [3.05, 3.63) is 82.1 Å². The van der Waals surface area contributed by atoms with E-state index in [-0.39, 0.29) is 17.7 Å². The molecule has 2 aromatic carbocycles. The van der Waals surface area contributed by atoms with Gasteiger partial charge in [0.05, 0.1) is 11.4 Å². The molecule has 1 aliphatic rings. The van der Waals surface area contributed by atoms with Gasteiger partial charge in [0.2, 0.25) is 5.89 Å². The number of oxazole rings is 1. The van der Waals surface area contributed by atoms with Gasteiger partial charge in [0, 0.05) is 11.1 Å². The highest BCUT2D eigenvalue weighted by Crippen LogP contribution is 2.25. The normalized spacial score (nSPS) is 14.8. The van der Waals surface area contributed by atoms with Crippen molar-refractivity contribution in [2.45, 2.75) is 13.5 Å². The number of amides is 3. The maximum Gasteiger partial charge on any atom is 0.290 e. The molecule has 2 N–H and O–H groups in total. The lowest BCUT2D eigenvalue weighted by atomic mass is 10.1. The Balaban J connectivity index is 1.40. The molecular weight excluding hydrogens is 402 g/mol. The topological polar surface area (TPSA) is 101 Å². The fraction of sp³-hybridized carbons (Fsp3) is 0.0909. The van der Waals surface area contributed by atoms with E-state index in [1.165, 1.54) is 0 Å². The minimum atomic E-state index is -0.412. The third kappa shape index (κ3) is 4.33. The SMILES string of the molecule is Cc1oc(-c2ccccc2)nc1CNC(=O)c1ccc(C=C2SC(=O)NC2=O)cc1. The van der Waals surface area contributed by atoms with Crippen LogP contribution < -0.4 is 10.6 Å². The number of nitrogens with one attached hydrogen (secondary N) is 2. The Kier molecular flexibility index (Phi) is 5.49. The number of aromatic nitrogens is 1. The smallest absolute Gasteiger partial charge is 0.290 e. The lowest BCUT2D eigenvalue weighted by Gasteiger charge is -2.04.